The average molecular weight is 256 g/mol. The van der Waals surface area contributed by atoms with Crippen LogP contribution in [0.4, 0.5) is 0 Å². The van der Waals surface area contributed by atoms with Crippen LogP contribution in [0.25, 0.3) is 0 Å². The van der Waals surface area contributed by atoms with E-state index in [2.05, 4.69) is 0 Å². The topological polar surface area (TPSA) is 49.7 Å². The van der Waals surface area contributed by atoms with Crippen molar-refractivity contribution in [2.24, 2.45) is 0 Å². The number of hydrogen-bond donors (Lipinski definition) is 2. The summed E-state index contributed by atoms with van der Waals surface area (Å²) in [6, 6.07) is 15.3. The Kier molecular flexibility index (Phi) is 3.23. The largest absolute Gasteiger partial charge is 0.487 e. The van der Waals surface area contributed by atoms with Gasteiger partial charge in [0.25, 0.3) is 0 Å². The summed E-state index contributed by atoms with van der Waals surface area (Å²) in [6.45, 7) is 0.0191. The van der Waals surface area contributed by atoms with Crippen LogP contribution in [0.3, 0.4) is 0 Å². The first-order chi connectivity index (χ1) is 9.28. The van der Waals surface area contributed by atoms with Crippen molar-refractivity contribution in [3.05, 3.63) is 65.2 Å². The van der Waals surface area contributed by atoms with Gasteiger partial charge in [0.2, 0.25) is 0 Å². The van der Waals surface area contributed by atoms with Gasteiger partial charge in [-0.05, 0) is 28.8 Å². The molecule has 1 aliphatic rings. The van der Waals surface area contributed by atoms with Gasteiger partial charge < -0.3 is 14.9 Å². The quantitative estimate of drug-likeness (QED) is 0.883. The van der Waals surface area contributed by atoms with E-state index in [1.54, 1.807) is 0 Å². The Balaban J connectivity index is 1.88. The number of benzene rings is 2. The van der Waals surface area contributed by atoms with Gasteiger partial charge >= 0.3 is 0 Å². The van der Waals surface area contributed by atoms with Crippen molar-refractivity contribution in [1.82, 2.24) is 0 Å². The standard InChI is InChI=1S/C16H16O3/c17-10-14-9-13-8-12(6-7-15(13)19-14)16(18)11-4-2-1-3-5-11/h1-8,14,16-18H,9-10H2. The molecular weight excluding hydrogens is 240 g/mol. The summed E-state index contributed by atoms with van der Waals surface area (Å²) in [6.07, 6.45) is -0.0833. The molecule has 3 nitrogen and oxygen atoms in total. The molecule has 2 unspecified atom stereocenters. The number of fused-ring (bicyclic) bond motifs is 1. The van der Waals surface area contributed by atoms with Crippen molar-refractivity contribution in [3.8, 4) is 5.75 Å². The molecule has 19 heavy (non-hydrogen) atoms. The molecule has 0 aromatic heterocycles. The Hall–Kier alpha value is -1.84. The Labute approximate surface area is 112 Å². The predicted octanol–water partition coefficient (Wildman–Crippen LogP) is 2.06. The van der Waals surface area contributed by atoms with Crippen LogP contribution in [-0.4, -0.2) is 22.9 Å². The van der Waals surface area contributed by atoms with E-state index >= 15 is 0 Å². The minimum absolute atomic E-state index is 0.0191. The fourth-order valence-corrected chi connectivity index (χ4v) is 2.44. The normalized spacial score (nSPS) is 18.7. The fourth-order valence-electron chi connectivity index (χ4n) is 2.44. The van der Waals surface area contributed by atoms with Crippen molar-refractivity contribution in [1.29, 1.82) is 0 Å². The molecule has 1 aliphatic heterocycles. The Bertz CT molecular complexity index is 565. The highest BCUT2D eigenvalue weighted by Crippen LogP contribution is 2.32. The van der Waals surface area contributed by atoms with Crippen LogP contribution in [0, 0.1) is 0 Å². The highest BCUT2D eigenvalue weighted by Gasteiger charge is 2.23. The molecule has 1 heterocycles. The van der Waals surface area contributed by atoms with E-state index in [0.29, 0.717) is 6.42 Å². The van der Waals surface area contributed by atoms with Gasteiger partial charge in [0.05, 0.1) is 6.61 Å². The number of hydrogen-bond acceptors (Lipinski definition) is 3. The van der Waals surface area contributed by atoms with Gasteiger partial charge in [-0.3, -0.25) is 0 Å². The third-order valence-electron chi connectivity index (χ3n) is 3.46. The average Bonchev–Trinajstić information content (AvgIpc) is 2.89. The zero-order valence-electron chi connectivity index (χ0n) is 10.5. The summed E-state index contributed by atoms with van der Waals surface area (Å²) in [5.41, 5.74) is 2.78. The van der Waals surface area contributed by atoms with E-state index in [-0.39, 0.29) is 12.7 Å². The summed E-state index contributed by atoms with van der Waals surface area (Å²) in [4.78, 5) is 0. The molecule has 2 atom stereocenters. The Morgan fingerprint density at radius 3 is 2.63 bits per heavy atom. The van der Waals surface area contributed by atoms with Gasteiger partial charge in [-0.2, -0.15) is 0 Å². The van der Waals surface area contributed by atoms with E-state index in [1.807, 2.05) is 48.5 Å². The number of aliphatic hydroxyl groups excluding tert-OH is 2. The molecule has 2 aromatic rings. The molecule has 3 heteroatoms. The molecule has 3 rings (SSSR count). The molecule has 0 spiro atoms. The van der Waals surface area contributed by atoms with Crippen molar-refractivity contribution in [3.63, 3.8) is 0 Å². The summed E-state index contributed by atoms with van der Waals surface area (Å²) in [7, 11) is 0. The molecule has 0 saturated carbocycles. The van der Waals surface area contributed by atoms with Crippen LogP contribution >= 0.6 is 0 Å². The number of rotatable bonds is 3. The van der Waals surface area contributed by atoms with Crippen molar-refractivity contribution in [2.45, 2.75) is 18.6 Å². The molecule has 2 N–H and O–H groups in total. The SMILES string of the molecule is OCC1Cc2cc(C(O)c3ccccc3)ccc2O1. The number of aliphatic hydroxyl groups is 2. The first-order valence-corrected chi connectivity index (χ1v) is 6.41. The Morgan fingerprint density at radius 1 is 1.11 bits per heavy atom. The first-order valence-electron chi connectivity index (χ1n) is 6.41. The maximum atomic E-state index is 10.4. The zero-order valence-corrected chi connectivity index (χ0v) is 10.5. The van der Waals surface area contributed by atoms with Crippen LogP contribution in [0.5, 0.6) is 5.75 Å². The first kappa shape index (κ1) is 12.2. The lowest BCUT2D eigenvalue weighted by Gasteiger charge is -2.12. The fraction of sp³-hybridized carbons (Fsp3) is 0.250. The molecule has 0 radical (unpaired) electrons. The molecule has 0 saturated heterocycles. The van der Waals surface area contributed by atoms with E-state index in [4.69, 9.17) is 9.84 Å². The molecular formula is C16H16O3. The van der Waals surface area contributed by atoms with E-state index < -0.39 is 6.10 Å². The van der Waals surface area contributed by atoms with Crippen LogP contribution in [-0.2, 0) is 6.42 Å². The predicted molar refractivity (Wildman–Crippen MR) is 72.2 cm³/mol. The second kappa shape index (κ2) is 5.03. The molecule has 98 valence electrons. The maximum absolute atomic E-state index is 10.4. The van der Waals surface area contributed by atoms with Gasteiger partial charge in [0.1, 0.15) is 18.0 Å². The minimum atomic E-state index is -0.625. The summed E-state index contributed by atoms with van der Waals surface area (Å²) in [5.74, 6) is 0.808. The zero-order chi connectivity index (χ0) is 13.2. The summed E-state index contributed by atoms with van der Waals surface area (Å²) < 4.78 is 5.56. The van der Waals surface area contributed by atoms with Gasteiger partial charge in [0.15, 0.2) is 0 Å². The van der Waals surface area contributed by atoms with Crippen molar-refractivity contribution >= 4 is 0 Å². The molecule has 0 amide bonds. The monoisotopic (exact) mass is 256 g/mol. The lowest BCUT2D eigenvalue weighted by Crippen LogP contribution is -2.17. The van der Waals surface area contributed by atoms with E-state index in [9.17, 15) is 5.11 Å². The van der Waals surface area contributed by atoms with Gasteiger partial charge in [-0.15, -0.1) is 0 Å². The molecule has 0 aliphatic carbocycles. The summed E-state index contributed by atoms with van der Waals surface area (Å²) in [5, 5.41) is 19.5. The second-order valence-corrected chi connectivity index (χ2v) is 4.81. The van der Waals surface area contributed by atoms with Crippen molar-refractivity contribution < 1.29 is 14.9 Å². The molecule has 0 fully saturated rings. The maximum Gasteiger partial charge on any atom is 0.126 e. The lowest BCUT2D eigenvalue weighted by atomic mass is 9.98. The van der Waals surface area contributed by atoms with Crippen LogP contribution in [0.15, 0.2) is 48.5 Å². The lowest BCUT2D eigenvalue weighted by molar-refractivity contribution is 0.134. The van der Waals surface area contributed by atoms with Gasteiger partial charge in [-0.25, -0.2) is 0 Å². The van der Waals surface area contributed by atoms with Gasteiger partial charge in [0, 0.05) is 6.42 Å². The third kappa shape index (κ3) is 2.35. The smallest absolute Gasteiger partial charge is 0.126 e. The molecule has 0 bridgehead atoms. The highest BCUT2D eigenvalue weighted by atomic mass is 16.5. The Morgan fingerprint density at radius 2 is 1.89 bits per heavy atom. The van der Waals surface area contributed by atoms with Crippen LogP contribution < -0.4 is 4.74 Å². The molecule has 2 aromatic carbocycles. The van der Waals surface area contributed by atoms with E-state index in [0.717, 1.165) is 22.4 Å². The van der Waals surface area contributed by atoms with Gasteiger partial charge in [-0.1, -0.05) is 36.4 Å². The van der Waals surface area contributed by atoms with Crippen LogP contribution in [0.2, 0.25) is 0 Å². The number of ether oxygens (including phenoxy) is 1. The third-order valence-corrected chi connectivity index (χ3v) is 3.46. The second-order valence-electron chi connectivity index (χ2n) is 4.81. The van der Waals surface area contributed by atoms with Crippen molar-refractivity contribution in [2.75, 3.05) is 6.61 Å². The van der Waals surface area contributed by atoms with Crippen LogP contribution in [0.1, 0.15) is 22.8 Å². The summed E-state index contributed by atoms with van der Waals surface area (Å²) >= 11 is 0. The van der Waals surface area contributed by atoms with E-state index in [1.165, 1.54) is 0 Å². The minimum Gasteiger partial charge on any atom is -0.487 e. The highest BCUT2D eigenvalue weighted by molar-refractivity contribution is 5.43.